The molecule has 1 N–H and O–H groups in total. The summed E-state index contributed by atoms with van der Waals surface area (Å²) in [5, 5.41) is 2.81. The summed E-state index contributed by atoms with van der Waals surface area (Å²) in [4.78, 5) is 12.1. The molecule has 0 spiro atoms. The van der Waals surface area contributed by atoms with Crippen LogP contribution in [0.1, 0.15) is 5.56 Å². The van der Waals surface area contributed by atoms with Crippen molar-refractivity contribution in [1.29, 1.82) is 0 Å². The van der Waals surface area contributed by atoms with Crippen molar-refractivity contribution in [3.63, 3.8) is 0 Å². The average molecular weight is 405 g/mol. The van der Waals surface area contributed by atoms with Gasteiger partial charge >= 0.3 is 0 Å². The minimum absolute atomic E-state index is 0.0750. The molecule has 1 aliphatic rings. The smallest absolute Gasteiger partial charge is 0.258 e. The minimum atomic E-state index is -0.232. The standard InChI is InChI=1S/C24H23NO5/c26-24(25-14-21-16-29-22-8-4-5-9-23(22)30-21)17-28-20-12-10-19(11-13-20)27-15-18-6-2-1-3-7-18/h1-13,21H,14-17H2,(H,25,26). The van der Waals surface area contributed by atoms with Gasteiger partial charge in [-0.3, -0.25) is 4.79 Å². The Bertz CT molecular complexity index is 959. The third-order valence-electron chi connectivity index (χ3n) is 4.54. The molecule has 0 aromatic heterocycles. The Morgan fingerprint density at radius 2 is 1.53 bits per heavy atom. The molecule has 0 bridgehead atoms. The van der Waals surface area contributed by atoms with E-state index in [2.05, 4.69) is 5.32 Å². The number of ether oxygens (including phenoxy) is 4. The van der Waals surface area contributed by atoms with Crippen LogP contribution in [0.25, 0.3) is 0 Å². The Labute approximate surface area is 175 Å². The molecule has 0 radical (unpaired) electrons. The van der Waals surface area contributed by atoms with Crippen LogP contribution in [0.15, 0.2) is 78.9 Å². The van der Waals surface area contributed by atoms with Crippen LogP contribution < -0.4 is 24.3 Å². The van der Waals surface area contributed by atoms with Gasteiger partial charge in [0.15, 0.2) is 18.1 Å². The van der Waals surface area contributed by atoms with E-state index < -0.39 is 0 Å². The molecule has 0 saturated carbocycles. The summed E-state index contributed by atoms with van der Waals surface area (Å²) in [7, 11) is 0. The molecule has 1 atom stereocenters. The monoisotopic (exact) mass is 405 g/mol. The normalized spacial score (nSPS) is 14.6. The van der Waals surface area contributed by atoms with E-state index in [-0.39, 0.29) is 18.6 Å². The Morgan fingerprint density at radius 1 is 0.867 bits per heavy atom. The van der Waals surface area contributed by atoms with Crippen LogP contribution in [-0.2, 0) is 11.4 Å². The summed E-state index contributed by atoms with van der Waals surface area (Å²) < 4.78 is 22.7. The molecule has 0 saturated heterocycles. The van der Waals surface area contributed by atoms with Crippen molar-refractivity contribution in [3.05, 3.63) is 84.4 Å². The lowest BCUT2D eigenvalue weighted by molar-refractivity contribution is -0.123. The molecule has 30 heavy (non-hydrogen) atoms. The molecule has 6 nitrogen and oxygen atoms in total. The number of nitrogens with one attached hydrogen (secondary N) is 1. The first-order valence-electron chi connectivity index (χ1n) is 9.81. The van der Waals surface area contributed by atoms with Gasteiger partial charge in [-0.2, -0.15) is 0 Å². The maximum absolute atomic E-state index is 12.1. The van der Waals surface area contributed by atoms with Crippen molar-refractivity contribution in [3.8, 4) is 23.0 Å². The molecule has 154 valence electrons. The second-order valence-corrected chi connectivity index (χ2v) is 6.84. The fraction of sp³-hybridized carbons (Fsp3) is 0.208. The van der Waals surface area contributed by atoms with Gasteiger partial charge in [0.1, 0.15) is 30.8 Å². The summed E-state index contributed by atoms with van der Waals surface area (Å²) in [6.45, 7) is 1.17. The number of benzene rings is 3. The molecule has 0 aliphatic carbocycles. The molecule has 1 aliphatic heterocycles. The van der Waals surface area contributed by atoms with E-state index in [4.69, 9.17) is 18.9 Å². The van der Waals surface area contributed by atoms with Gasteiger partial charge in [0.05, 0.1) is 6.54 Å². The van der Waals surface area contributed by atoms with E-state index in [1.54, 1.807) is 12.1 Å². The van der Waals surface area contributed by atoms with Crippen LogP contribution in [0.2, 0.25) is 0 Å². The number of carbonyl (C=O) groups excluding carboxylic acids is 1. The highest BCUT2D eigenvalue weighted by Gasteiger charge is 2.21. The summed E-state index contributed by atoms with van der Waals surface area (Å²) in [5.74, 6) is 2.53. The van der Waals surface area contributed by atoms with Crippen LogP contribution in [0.5, 0.6) is 23.0 Å². The average Bonchev–Trinajstić information content (AvgIpc) is 2.81. The first kappa shape index (κ1) is 19.6. The first-order chi connectivity index (χ1) is 14.8. The van der Waals surface area contributed by atoms with Crippen LogP contribution in [0, 0.1) is 0 Å². The fourth-order valence-corrected chi connectivity index (χ4v) is 2.96. The van der Waals surface area contributed by atoms with Crippen molar-refractivity contribution < 1.29 is 23.7 Å². The van der Waals surface area contributed by atoms with Gasteiger partial charge in [-0.25, -0.2) is 0 Å². The van der Waals surface area contributed by atoms with E-state index in [1.807, 2.05) is 66.7 Å². The highest BCUT2D eigenvalue weighted by molar-refractivity contribution is 5.77. The van der Waals surface area contributed by atoms with Gasteiger partial charge in [0.2, 0.25) is 0 Å². The molecular weight excluding hydrogens is 382 g/mol. The van der Waals surface area contributed by atoms with E-state index in [0.29, 0.717) is 31.3 Å². The van der Waals surface area contributed by atoms with E-state index in [0.717, 1.165) is 17.1 Å². The molecule has 1 amide bonds. The van der Waals surface area contributed by atoms with Crippen molar-refractivity contribution in [2.45, 2.75) is 12.7 Å². The Kier molecular flexibility index (Phi) is 6.35. The SMILES string of the molecule is O=C(COc1ccc(OCc2ccccc2)cc1)NCC1COc2ccccc2O1. The molecule has 4 rings (SSSR count). The lowest BCUT2D eigenvalue weighted by Gasteiger charge is -2.26. The number of rotatable bonds is 8. The third kappa shape index (κ3) is 5.44. The van der Waals surface area contributed by atoms with Crippen molar-refractivity contribution in [2.75, 3.05) is 19.8 Å². The first-order valence-corrected chi connectivity index (χ1v) is 9.81. The quantitative estimate of drug-likeness (QED) is 0.620. The van der Waals surface area contributed by atoms with E-state index >= 15 is 0 Å². The van der Waals surface area contributed by atoms with Gasteiger partial charge in [0.25, 0.3) is 5.91 Å². The molecule has 3 aromatic rings. The summed E-state index contributed by atoms with van der Waals surface area (Å²) >= 11 is 0. The van der Waals surface area contributed by atoms with E-state index in [1.165, 1.54) is 0 Å². The Balaban J connectivity index is 1.17. The molecule has 3 aromatic carbocycles. The summed E-state index contributed by atoms with van der Waals surface area (Å²) in [6, 6.07) is 24.6. The zero-order valence-corrected chi connectivity index (χ0v) is 16.5. The largest absolute Gasteiger partial charge is 0.489 e. The van der Waals surface area contributed by atoms with Crippen molar-refractivity contribution in [2.24, 2.45) is 0 Å². The Hall–Kier alpha value is -3.67. The van der Waals surface area contributed by atoms with Gasteiger partial charge in [0, 0.05) is 0 Å². The number of fused-ring (bicyclic) bond motifs is 1. The van der Waals surface area contributed by atoms with Crippen LogP contribution in [0.3, 0.4) is 0 Å². The van der Waals surface area contributed by atoms with Gasteiger partial charge in [-0.1, -0.05) is 42.5 Å². The highest BCUT2D eigenvalue weighted by atomic mass is 16.6. The summed E-state index contributed by atoms with van der Waals surface area (Å²) in [6.07, 6.45) is -0.232. The zero-order valence-electron chi connectivity index (χ0n) is 16.5. The molecule has 1 unspecified atom stereocenters. The number of carbonyl (C=O) groups is 1. The van der Waals surface area contributed by atoms with Gasteiger partial charge in [-0.05, 0) is 42.0 Å². The van der Waals surface area contributed by atoms with Crippen molar-refractivity contribution in [1.82, 2.24) is 5.32 Å². The van der Waals surface area contributed by atoms with E-state index in [9.17, 15) is 4.79 Å². The second kappa shape index (κ2) is 9.69. The molecule has 0 fully saturated rings. The highest BCUT2D eigenvalue weighted by Crippen LogP contribution is 2.30. The number of hydrogen-bond donors (Lipinski definition) is 1. The van der Waals surface area contributed by atoms with Gasteiger partial charge < -0.3 is 24.3 Å². The number of para-hydroxylation sites is 2. The maximum atomic E-state index is 12.1. The van der Waals surface area contributed by atoms with Crippen molar-refractivity contribution >= 4 is 5.91 Å². The predicted octanol–water partition coefficient (Wildman–Crippen LogP) is 3.60. The Morgan fingerprint density at radius 3 is 2.30 bits per heavy atom. The maximum Gasteiger partial charge on any atom is 0.258 e. The van der Waals surface area contributed by atoms with Crippen LogP contribution in [-0.4, -0.2) is 31.8 Å². The minimum Gasteiger partial charge on any atom is -0.489 e. The number of amides is 1. The summed E-state index contributed by atoms with van der Waals surface area (Å²) in [5.41, 5.74) is 1.10. The third-order valence-corrected chi connectivity index (χ3v) is 4.54. The topological polar surface area (TPSA) is 66.0 Å². The van der Waals surface area contributed by atoms with Crippen LogP contribution in [0.4, 0.5) is 0 Å². The predicted molar refractivity (Wildman–Crippen MR) is 112 cm³/mol. The molecule has 6 heteroatoms. The molecule has 1 heterocycles. The van der Waals surface area contributed by atoms with Gasteiger partial charge in [-0.15, -0.1) is 0 Å². The molecular formula is C24H23NO5. The second-order valence-electron chi connectivity index (χ2n) is 6.84. The lowest BCUT2D eigenvalue weighted by atomic mass is 10.2. The zero-order chi connectivity index (χ0) is 20.6. The fourth-order valence-electron chi connectivity index (χ4n) is 2.96. The van der Waals surface area contributed by atoms with Crippen LogP contribution >= 0.6 is 0 Å². The lowest BCUT2D eigenvalue weighted by Crippen LogP contribution is -2.42. The number of hydrogen-bond acceptors (Lipinski definition) is 5.